The van der Waals surface area contributed by atoms with Gasteiger partial charge in [-0.3, -0.25) is 4.79 Å². The molecule has 0 aliphatic carbocycles. The number of carbonyl (C=O) groups is 1. The Morgan fingerprint density at radius 2 is 1.69 bits per heavy atom. The quantitative estimate of drug-likeness (QED) is 0.628. The Bertz CT molecular complexity index is 348. The molecule has 0 fully saturated rings. The molecule has 0 bridgehead atoms. The minimum atomic E-state index is 0.122. The Balaban J connectivity index is 3.28. The van der Waals surface area contributed by atoms with Crippen LogP contribution in [0.5, 0.6) is 0 Å². The van der Waals surface area contributed by atoms with Crippen molar-refractivity contribution in [3.8, 4) is 0 Å². The van der Waals surface area contributed by atoms with E-state index in [1.165, 1.54) is 0 Å². The molecule has 0 unspecified atom stereocenters. The highest BCUT2D eigenvalue weighted by Crippen LogP contribution is 2.18. The predicted octanol–water partition coefficient (Wildman–Crippen LogP) is 3.31. The van der Waals surface area contributed by atoms with Crippen LogP contribution in [0.3, 0.4) is 0 Å². The van der Waals surface area contributed by atoms with E-state index >= 15 is 0 Å². The number of benzene rings is 1. The molecule has 0 spiro atoms. The Labute approximate surface area is 79.1 Å². The van der Waals surface area contributed by atoms with E-state index in [1.807, 2.05) is 44.2 Å². The summed E-state index contributed by atoms with van der Waals surface area (Å²) in [6.07, 6.45) is 2.02. The molecular weight excluding hydrogens is 160 g/mol. The van der Waals surface area contributed by atoms with Crippen LogP contribution in [0.2, 0.25) is 0 Å². The summed E-state index contributed by atoms with van der Waals surface area (Å²) in [7, 11) is 0. The molecule has 1 aromatic carbocycles. The monoisotopic (exact) mass is 174 g/mol. The summed E-state index contributed by atoms with van der Waals surface area (Å²) in [6.45, 7) is 5.59. The number of ketones is 1. The molecule has 0 amide bonds. The first-order valence-electron chi connectivity index (χ1n) is 4.40. The van der Waals surface area contributed by atoms with Gasteiger partial charge in [0.2, 0.25) is 0 Å². The van der Waals surface area contributed by atoms with Crippen molar-refractivity contribution in [2.75, 3.05) is 0 Å². The molecule has 0 saturated carbocycles. The van der Waals surface area contributed by atoms with Crippen LogP contribution in [0.4, 0.5) is 0 Å². The second kappa shape index (κ2) is 4.04. The largest absolute Gasteiger partial charge is 0.294 e. The molecule has 0 aliphatic heterocycles. The standard InChI is InChI=1S/C12H14O/c1-4-9(2)11-7-5-6-8-12(11)10(3)13/h4-8H,1-3H3/b9-4-. The first-order valence-corrected chi connectivity index (χ1v) is 4.40. The van der Waals surface area contributed by atoms with Crippen molar-refractivity contribution in [1.82, 2.24) is 0 Å². The van der Waals surface area contributed by atoms with E-state index in [1.54, 1.807) is 6.92 Å². The highest BCUT2D eigenvalue weighted by molar-refractivity contribution is 5.98. The van der Waals surface area contributed by atoms with Gasteiger partial charge in [0, 0.05) is 5.56 Å². The van der Waals surface area contributed by atoms with Crippen LogP contribution >= 0.6 is 0 Å². The molecule has 0 aromatic heterocycles. The summed E-state index contributed by atoms with van der Waals surface area (Å²) in [5, 5.41) is 0. The van der Waals surface area contributed by atoms with Crippen LogP contribution in [0, 0.1) is 0 Å². The van der Waals surface area contributed by atoms with Gasteiger partial charge in [0.25, 0.3) is 0 Å². The molecule has 1 rings (SSSR count). The van der Waals surface area contributed by atoms with E-state index in [0.717, 1.165) is 16.7 Å². The lowest BCUT2D eigenvalue weighted by atomic mass is 9.98. The molecule has 1 heteroatoms. The molecule has 0 heterocycles. The van der Waals surface area contributed by atoms with Crippen LogP contribution in [-0.2, 0) is 0 Å². The molecule has 0 aliphatic rings. The number of Topliss-reactive ketones (excluding diaryl/α,β-unsaturated/α-hetero) is 1. The minimum Gasteiger partial charge on any atom is -0.294 e. The van der Waals surface area contributed by atoms with Crippen molar-refractivity contribution < 1.29 is 4.79 Å². The van der Waals surface area contributed by atoms with Gasteiger partial charge in [0.05, 0.1) is 0 Å². The molecular formula is C12H14O. The maximum absolute atomic E-state index is 11.3. The first kappa shape index (κ1) is 9.72. The molecule has 1 nitrogen and oxygen atoms in total. The lowest BCUT2D eigenvalue weighted by molar-refractivity contribution is 0.101. The van der Waals surface area contributed by atoms with Gasteiger partial charge in [-0.1, -0.05) is 30.3 Å². The van der Waals surface area contributed by atoms with Crippen molar-refractivity contribution in [2.45, 2.75) is 20.8 Å². The van der Waals surface area contributed by atoms with Gasteiger partial charge >= 0.3 is 0 Å². The highest BCUT2D eigenvalue weighted by Gasteiger charge is 2.05. The smallest absolute Gasteiger partial charge is 0.160 e. The average Bonchev–Trinajstić information content (AvgIpc) is 2.16. The zero-order valence-corrected chi connectivity index (χ0v) is 8.29. The van der Waals surface area contributed by atoms with Crippen molar-refractivity contribution in [3.05, 3.63) is 41.5 Å². The summed E-state index contributed by atoms with van der Waals surface area (Å²) in [6, 6.07) is 7.69. The third-order valence-electron chi connectivity index (χ3n) is 2.16. The molecule has 0 atom stereocenters. The Morgan fingerprint density at radius 3 is 2.15 bits per heavy atom. The summed E-state index contributed by atoms with van der Waals surface area (Å²) < 4.78 is 0. The molecule has 68 valence electrons. The third kappa shape index (κ3) is 2.05. The van der Waals surface area contributed by atoms with Crippen LogP contribution in [0.25, 0.3) is 5.57 Å². The number of rotatable bonds is 2. The Kier molecular flexibility index (Phi) is 3.02. The second-order valence-corrected chi connectivity index (χ2v) is 3.07. The summed E-state index contributed by atoms with van der Waals surface area (Å²) in [5.41, 5.74) is 2.99. The van der Waals surface area contributed by atoms with E-state index in [4.69, 9.17) is 0 Å². The van der Waals surface area contributed by atoms with E-state index in [-0.39, 0.29) is 5.78 Å². The number of allylic oxidation sites excluding steroid dienone is 2. The number of hydrogen-bond donors (Lipinski definition) is 0. The van der Waals surface area contributed by atoms with Crippen LogP contribution in [0.1, 0.15) is 36.7 Å². The van der Waals surface area contributed by atoms with E-state index in [0.29, 0.717) is 0 Å². The second-order valence-electron chi connectivity index (χ2n) is 3.07. The maximum Gasteiger partial charge on any atom is 0.160 e. The topological polar surface area (TPSA) is 17.1 Å². The molecule has 1 aromatic rings. The normalized spacial score (nSPS) is 11.5. The first-order chi connectivity index (χ1) is 6.16. The molecule has 0 N–H and O–H groups in total. The molecule has 13 heavy (non-hydrogen) atoms. The van der Waals surface area contributed by atoms with Crippen molar-refractivity contribution in [1.29, 1.82) is 0 Å². The lowest BCUT2D eigenvalue weighted by Crippen LogP contribution is -1.97. The fourth-order valence-electron chi connectivity index (χ4n) is 1.29. The van der Waals surface area contributed by atoms with Crippen molar-refractivity contribution in [3.63, 3.8) is 0 Å². The highest BCUT2D eigenvalue weighted by atomic mass is 16.1. The van der Waals surface area contributed by atoms with Crippen molar-refractivity contribution >= 4 is 11.4 Å². The van der Waals surface area contributed by atoms with E-state index < -0.39 is 0 Å². The van der Waals surface area contributed by atoms with Crippen LogP contribution < -0.4 is 0 Å². The maximum atomic E-state index is 11.3. The van der Waals surface area contributed by atoms with Gasteiger partial charge in [-0.2, -0.15) is 0 Å². The Morgan fingerprint density at radius 1 is 1.15 bits per heavy atom. The van der Waals surface area contributed by atoms with Gasteiger partial charge in [0.1, 0.15) is 0 Å². The minimum absolute atomic E-state index is 0.122. The van der Waals surface area contributed by atoms with Gasteiger partial charge in [-0.25, -0.2) is 0 Å². The summed E-state index contributed by atoms with van der Waals surface area (Å²) in [5.74, 6) is 0.122. The molecule has 0 radical (unpaired) electrons. The zero-order valence-electron chi connectivity index (χ0n) is 8.29. The van der Waals surface area contributed by atoms with Crippen molar-refractivity contribution in [2.24, 2.45) is 0 Å². The third-order valence-corrected chi connectivity index (χ3v) is 2.16. The fraction of sp³-hybridized carbons (Fsp3) is 0.250. The van der Waals surface area contributed by atoms with Gasteiger partial charge in [0.15, 0.2) is 5.78 Å². The Hall–Kier alpha value is -1.37. The van der Waals surface area contributed by atoms with Crippen LogP contribution in [0.15, 0.2) is 30.3 Å². The van der Waals surface area contributed by atoms with Crippen LogP contribution in [-0.4, -0.2) is 5.78 Å². The van der Waals surface area contributed by atoms with Gasteiger partial charge in [-0.05, 0) is 31.9 Å². The van der Waals surface area contributed by atoms with E-state index in [2.05, 4.69) is 0 Å². The summed E-state index contributed by atoms with van der Waals surface area (Å²) >= 11 is 0. The number of carbonyl (C=O) groups excluding carboxylic acids is 1. The summed E-state index contributed by atoms with van der Waals surface area (Å²) in [4.78, 5) is 11.3. The van der Waals surface area contributed by atoms with Gasteiger partial charge < -0.3 is 0 Å². The zero-order chi connectivity index (χ0) is 9.84. The van der Waals surface area contributed by atoms with Gasteiger partial charge in [-0.15, -0.1) is 0 Å². The van der Waals surface area contributed by atoms with E-state index in [9.17, 15) is 4.79 Å². The predicted molar refractivity (Wildman–Crippen MR) is 55.8 cm³/mol. The lowest BCUT2D eigenvalue weighted by Gasteiger charge is -2.05. The average molecular weight is 174 g/mol. The molecule has 0 saturated heterocycles. The number of hydrogen-bond acceptors (Lipinski definition) is 1. The SMILES string of the molecule is C/C=C(/C)c1ccccc1C(C)=O. The fourth-order valence-corrected chi connectivity index (χ4v) is 1.29.